The predicted molar refractivity (Wildman–Crippen MR) is 68.0 cm³/mol. The van der Waals surface area contributed by atoms with Gasteiger partial charge in [0, 0.05) is 11.9 Å². The van der Waals surface area contributed by atoms with Crippen LogP contribution in [-0.2, 0) is 0 Å². The van der Waals surface area contributed by atoms with Crippen molar-refractivity contribution in [3.8, 4) is 0 Å². The standard InChI is InChI=1S/C12H9ClFN3O/c13-9-3-4-16-6-11(9)17-12(18)8-2-1-7(14)5-10(8)15/h1-6H,15H2,(H,17,18). The highest BCUT2D eigenvalue weighted by atomic mass is 35.5. The largest absolute Gasteiger partial charge is 0.398 e. The zero-order valence-electron chi connectivity index (χ0n) is 9.15. The van der Waals surface area contributed by atoms with E-state index in [2.05, 4.69) is 10.3 Å². The number of nitrogens with zero attached hydrogens (tertiary/aromatic N) is 1. The van der Waals surface area contributed by atoms with E-state index < -0.39 is 11.7 Å². The average molecular weight is 266 g/mol. The topological polar surface area (TPSA) is 68.0 Å². The van der Waals surface area contributed by atoms with Gasteiger partial charge in [-0.2, -0.15) is 0 Å². The summed E-state index contributed by atoms with van der Waals surface area (Å²) in [7, 11) is 0. The van der Waals surface area contributed by atoms with Crippen molar-refractivity contribution in [2.24, 2.45) is 0 Å². The maximum Gasteiger partial charge on any atom is 0.257 e. The van der Waals surface area contributed by atoms with E-state index in [1.807, 2.05) is 0 Å². The third-order valence-electron chi connectivity index (χ3n) is 2.27. The van der Waals surface area contributed by atoms with E-state index in [0.29, 0.717) is 10.7 Å². The Bertz CT molecular complexity index is 604. The SMILES string of the molecule is Nc1cc(F)ccc1C(=O)Nc1cnccc1Cl. The van der Waals surface area contributed by atoms with Crippen molar-refractivity contribution in [3.05, 3.63) is 53.1 Å². The summed E-state index contributed by atoms with van der Waals surface area (Å²) in [4.78, 5) is 15.7. The number of anilines is 2. The van der Waals surface area contributed by atoms with Crippen molar-refractivity contribution in [1.82, 2.24) is 4.98 Å². The number of halogens is 2. The van der Waals surface area contributed by atoms with Gasteiger partial charge < -0.3 is 11.1 Å². The van der Waals surface area contributed by atoms with Gasteiger partial charge in [0.1, 0.15) is 5.82 Å². The Hall–Kier alpha value is -2.14. The molecule has 0 saturated heterocycles. The highest BCUT2D eigenvalue weighted by molar-refractivity contribution is 6.33. The van der Waals surface area contributed by atoms with Crippen LogP contribution in [0.5, 0.6) is 0 Å². The molecule has 0 saturated carbocycles. The molecule has 0 aliphatic rings. The summed E-state index contributed by atoms with van der Waals surface area (Å²) in [5.41, 5.74) is 6.17. The molecule has 0 aliphatic carbocycles. The molecule has 2 aromatic rings. The molecule has 0 unspecified atom stereocenters. The number of carbonyl (C=O) groups excluding carboxylic acids is 1. The summed E-state index contributed by atoms with van der Waals surface area (Å²) in [6.45, 7) is 0. The molecular formula is C12H9ClFN3O. The van der Waals surface area contributed by atoms with Crippen LogP contribution in [0.4, 0.5) is 15.8 Å². The van der Waals surface area contributed by atoms with E-state index in [0.717, 1.165) is 12.1 Å². The monoisotopic (exact) mass is 265 g/mol. The second kappa shape index (κ2) is 5.01. The van der Waals surface area contributed by atoms with E-state index in [4.69, 9.17) is 17.3 Å². The number of pyridine rings is 1. The Morgan fingerprint density at radius 3 is 2.83 bits per heavy atom. The average Bonchev–Trinajstić information content (AvgIpc) is 2.32. The smallest absolute Gasteiger partial charge is 0.257 e. The second-order valence-electron chi connectivity index (χ2n) is 3.54. The molecule has 0 aliphatic heterocycles. The van der Waals surface area contributed by atoms with Crippen LogP contribution in [-0.4, -0.2) is 10.9 Å². The Labute approximate surface area is 108 Å². The third-order valence-corrected chi connectivity index (χ3v) is 2.60. The third kappa shape index (κ3) is 2.57. The summed E-state index contributed by atoms with van der Waals surface area (Å²) < 4.78 is 12.9. The second-order valence-corrected chi connectivity index (χ2v) is 3.95. The minimum Gasteiger partial charge on any atom is -0.398 e. The Kier molecular flexibility index (Phi) is 3.43. The van der Waals surface area contributed by atoms with Gasteiger partial charge in [-0.15, -0.1) is 0 Å². The highest BCUT2D eigenvalue weighted by Crippen LogP contribution is 2.21. The fourth-order valence-electron chi connectivity index (χ4n) is 1.40. The van der Waals surface area contributed by atoms with Gasteiger partial charge in [-0.3, -0.25) is 9.78 Å². The van der Waals surface area contributed by atoms with Crippen molar-refractivity contribution in [3.63, 3.8) is 0 Å². The first-order chi connectivity index (χ1) is 8.58. The normalized spacial score (nSPS) is 10.1. The highest BCUT2D eigenvalue weighted by Gasteiger charge is 2.12. The first-order valence-corrected chi connectivity index (χ1v) is 5.41. The fraction of sp³-hybridized carbons (Fsp3) is 0. The summed E-state index contributed by atoms with van der Waals surface area (Å²) in [5.74, 6) is -0.967. The van der Waals surface area contributed by atoms with Crippen molar-refractivity contribution in [1.29, 1.82) is 0 Å². The van der Waals surface area contributed by atoms with Crippen molar-refractivity contribution < 1.29 is 9.18 Å². The maximum absolute atomic E-state index is 12.9. The number of benzene rings is 1. The van der Waals surface area contributed by atoms with E-state index in [9.17, 15) is 9.18 Å². The number of carbonyl (C=O) groups is 1. The minimum absolute atomic E-state index is 0.0625. The molecule has 0 atom stereocenters. The van der Waals surface area contributed by atoms with Crippen LogP contribution in [0, 0.1) is 5.82 Å². The molecule has 3 N–H and O–H groups in total. The van der Waals surface area contributed by atoms with Gasteiger partial charge in [-0.05, 0) is 24.3 Å². The molecule has 0 radical (unpaired) electrons. The molecule has 2 rings (SSSR count). The summed E-state index contributed by atoms with van der Waals surface area (Å²) >= 11 is 5.87. The van der Waals surface area contributed by atoms with Crippen LogP contribution in [0.2, 0.25) is 5.02 Å². The van der Waals surface area contributed by atoms with Gasteiger partial charge in [-0.1, -0.05) is 11.6 Å². The zero-order chi connectivity index (χ0) is 13.1. The Morgan fingerprint density at radius 2 is 2.17 bits per heavy atom. The molecule has 1 amide bonds. The summed E-state index contributed by atoms with van der Waals surface area (Å²) in [6, 6.07) is 5.10. The van der Waals surface area contributed by atoms with E-state index >= 15 is 0 Å². The van der Waals surface area contributed by atoms with E-state index in [1.54, 1.807) is 6.07 Å². The van der Waals surface area contributed by atoms with Gasteiger partial charge in [-0.25, -0.2) is 4.39 Å². The van der Waals surface area contributed by atoms with Crippen molar-refractivity contribution in [2.45, 2.75) is 0 Å². The number of amides is 1. The molecule has 1 aromatic carbocycles. The van der Waals surface area contributed by atoms with E-state index in [-0.39, 0.29) is 11.3 Å². The lowest BCUT2D eigenvalue weighted by atomic mass is 10.1. The maximum atomic E-state index is 12.9. The van der Waals surface area contributed by atoms with Gasteiger partial charge in [0.15, 0.2) is 0 Å². The molecule has 1 heterocycles. The van der Waals surface area contributed by atoms with Gasteiger partial charge in [0.2, 0.25) is 0 Å². The van der Waals surface area contributed by atoms with Crippen molar-refractivity contribution >= 4 is 28.9 Å². The van der Waals surface area contributed by atoms with Crippen LogP contribution in [0.25, 0.3) is 0 Å². The first-order valence-electron chi connectivity index (χ1n) is 5.04. The molecule has 6 heteroatoms. The quantitative estimate of drug-likeness (QED) is 0.821. The Balaban J connectivity index is 2.25. The molecule has 4 nitrogen and oxygen atoms in total. The first kappa shape index (κ1) is 12.3. The van der Waals surface area contributed by atoms with Gasteiger partial charge >= 0.3 is 0 Å². The number of nitrogen functional groups attached to an aromatic ring is 1. The molecule has 18 heavy (non-hydrogen) atoms. The number of hydrogen-bond acceptors (Lipinski definition) is 3. The number of nitrogens with two attached hydrogens (primary N) is 1. The molecule has 0 fully saturated rings. The molecular weight excluding hydrogens is 257 g/mol. The van der Waals surface area contributed by atoms with Crippen molar-refractivity contribution in [2.75, 3.05) is 11.1 Å². The predicted octanol–water partition coefficient (Wildman–Crippen LogP) is 2.71. The van der Waals surface area contributed by atoms with Crippen LogP contribution < -0.4 is 11.1 Å². The van der Waals surface area contributed by atoms with Crippen LogP contribution in [0.3, 0.4) is 0 Å². The minimum atomic E-state index is -0.497. The lowest BCUT2D eigenvalue weighted by Gasteiger charge is -2.08. The lowest BCUT2D eigenvalue weighted by Crippen LogP contribution is -2.14. The number of rotatable bonds is 2. The molecule has 0 bridgehead atoms. The van der Waals surface area contributed by atoms with Gasteiger partial charge in [0.05, 0.1) is 22.5 Å². The summed E-state index contributed by atoms with van der Waals surface area (Å²) in [5, 5.41) is 2.91. The lowest BCUT2D eigenvalue weighted by molar-refractivity contribution is 0.102. The zero-order valence-corrected chi connectivity index (χ0v) is 9.91. The molecule has 0 spiro atoms. The van der Waals surface area contributed by atoms with Crippen LogP contribution in [0.15, 0.2) is 36.7 Å². The molecule has 1 aromatic heterocycles. The number of aromatic nitrogens is 1. The number of hydrogen-bond donors (Lipinski definition) is 2. The van der Waals surface area contributed by atoms with E-state index in [1.165, 1.54) is 18.5 Å². The molecule has 92 valence electrons. The number of nitrogens with one attached hydrogen (secondary N) is 1. The van der Waals surface area contributed by atoms with Crippen LogP contribution in [0.1, 0.15) is 10.4 Å². The summed E-state index contributed by atoms with van der Waals surface area (Å²) in [6.07, 6.45) is 2.92. The van der Waals surface area contributed by atoms with Crippen LogP contribution >= 0.6 is 11.6 Å². The fourth-order valence-corrected chi connectivity index (χ4v) is 1.55. The van der Waals surface area contributed by atoms with Gasteiger partial charge in [0.25, 0.3) is 5.91 Å². The Morgan fingerprint density at radius 1 is 1.39 bits per heavy atom.